The molecule has 2 rings (SSSR count). The Morgan fingerprint density at radius 3 is 2.80 bits per heavy atom. The van der Waals surface area contributed by atoms with Crippen LogP contribution in [0.2, 0.25) is 5.02 Å². The Hall–Kier alpha value is -1.53. The van der Waals surface area contributed by atoms with Crippen LogP contribution in [0.5, 0.6) is 0 Å². The summed E-state index contributed by atoms with van der Waals surface area (Å²) in [5.41, 5.74) is 7.80. The molecule has 0 spiro atoms. The van der Waals surface area contributed by atoms with Crippen molar-refractivity contribution < 1.29 is 4.79 Å². The number of carbonyl (C=O) groups excluding carboxylic acids is 1. The van der Waals surface area contributed by atoms with Gasteiger partial charge in [0.2, 0.25) is 0 Å². The zero-order valence-electron chi connectivity index (χ0n) is 11.0. The molecule has 7 heteroatoms. The number of halogens is 2. The summed E-state index contributed by atoms with van der Waals surface area (Å²) in [6.07, 6.45) is 0. The fraction of sp³-hybridized carbons (Fsp3) is 0.231. The molecule has 1 heterocycles. The summed E-state index contributed by atoms with van der Waals surface area (Å²) in [6, 6.07) is 5.13. The lowest BCUT2D eigenvalue weighted by atomic mass is 10.1. The summed E-state index contributed by atoms with van der Waals surface area (Å²) in [7, 11) is 0. The number of anilines is 2. The SMILES string of the molecule is CC(C)c1[nH]nc(C(=O)Nc2cc(Cl)ccc2Br)c1N. The van der Waals surface area contributed by atoms with E-state index in [4.69, 9.17) is 17.3 Å². The highest BCUT2D eigenvalue weighted by molar-refractivity contribution is 9.10. The lowest BCUT2D eigenvalue weighted by molar-refractivity contribution is 0.102. The van der Waals surface area contributed by atoms with Gasteiger partial charge in [0.1, 0.15) is 0 Å². The van der Waals surface area contributed by atoms with E-state index < -0.39 is 0 Å². The molecule has 1 aromatic carbocycles. The average Bonchev–Trinajstić information content (AvgIpc) is 2.76. The summed E-state index contributed by atoms with van der Waals surface area (Å²) in [6.45, 7) is 3.94. The smallest absolute Gasteiger partial charge is 0.278 e. The number of carbonyl (C=O) groups is 1. The minimum Gasteiger partial charge on any atom is -0.395 e. The summed E-state index contributed by atoms with van der Waals surface area (Å²) < 4.78 is 0.730. The van der Waals surface area contributed by atoms with Crippen molar-refractivity contribution in [3.8, 4) is 0 Å². The number of aromatic nitrogens is 2. The maximum atomic E-state index is 12.2. The van der Waals surface area contributed by atoms with Gasteiger partial charge in [-0.2, -0.15) is 5.10 Å². The van der Waals surface area contributed by atoms with Crippen LogP contribution >= 0.6 is 27.5 Å². The van der Waals surface area contributed by atoms with Gasteiger partial charge in [0.15, 0.2) is 5.69 Å². The summed E-state index contributed by atoms with van der Waals surface area (Å²) >= 11 is 9.25. The molecule has 0 saturated carbocycles. The number of nitrogens with one attached hydrogen (secondary N) is 2. The maximum Gasteiger partial charge on any atom is 0.278 e. The fourth-order valence-electron chi connectivity index (χ4n) is 1.75. The third kappa shape index (κ3) is 2.96. The van der Waals surface area contributed by atoms with Gasteiger partial charge in [-0.05, 0) is 40.0 Å². The molecule has 0 saturated heterocycles. The Balaban J connectivity index is 2.26. The van der Waals surface area contributed by atoms with Crippen molar-refractivity contribution in [2.45, 2.75) is 19.8 Å². The molecule has 1 aromatic heterocycles. The van der Waals surface area contributed by atoms with E-state index in [1.165, 1.54) is 0 Å². The van der Waals surface area contributed by atoms with Crippen LogP contribution in [0.25, 0.3) is 0 Å². The Kier molecular flexibility index (Phi) is 4.35. The molecule has 0 aliphatic heterocycles. The van der Waals surface area contributed by atoms with Gasteiger partial charge in [-0.15, -0.1) is 0 Å². The molecule has 0 aliphatic rings. The highest BCUT2D eigenvalue weighted by atomic mass is 79.9. The summed E-state index contributed by atoms with van der Waals surface area (Å²) in [5.74, 6) is -0.212. The van der Waals surface area contributed by atoms with E-state index in [9.17, 15) is 4.79 Å². The van der Waals surface area contributed by atoms with Crippen LogP contribution in [0, 0.1) is 0 Å². The van der Waals surface area contributed by atoms with Crippen LogP contribution < -0.4 is 11.1 Å². The minimum absolute atomic E-state index is 0.168. The van der Waals surface area contributed by atoms with Crippen LogP contribution in [-0.2, 0) is 0 Å². The standard InChI is InChI=1S/C13H14BrClN4O/c1-6(2)11-10(16)12(19-18-11)13(20)17-9-5-7(15)3-4-8(9)14/h3-6H,16H2,1-2H3,(H,17,20)(H,18,19). The number of benzene rings is 1. The van der Waals surface area contributed by atoms with E-state index in [1.54, 1.807) is 18.2 Å². The zero-order chi connectivity index (χ0) is 14.9. The lowest BCUT2D eigenvalue weighted by Crippen LogP contribution is -2.14. The van der Waals surface area contributed by atoms with Gasteiger partial charge in [-0.3, -0.25) is 9.89 Å². The number of nitrogen functional groups attached to an aromatic ring is 1. The third-order valence-electron chi connectivity index (χ3n) is 2.80. The number of nitrogens with two attached hydrogens (primary N) is 1. The van der Waals surface area contributed by atoms with Crippen molar-refractivity contribution in [2.75, 3.05) is 11.1 Å². The number of nitrogens with zero attached hydrogens (tertiary/aromatic N) is 1. The van der Waals surface area contributed by atoms with Crippen LogP contribution in [0.1, 0.15) is 35.9 Å². The van der Waals surface area contributed by atoms with Crippen LogP contribution in [-0.4, -0.2) is 16.1 Å². The van der Waals surface area contributed by atoms with Gasteiger partial charge in [0, 0.05) is 9.50 Å². The molecule has 0 atom stereocenters. The first-order valence-corrected chi connectivity index (χ1v) is 7.17. The third-order valence-corrected chi connectivity index (χ3v) is 3.73. The molecule has 1 amide bonds. The largest absolute Gasteiger partial charge is 0.395 e. The van der Waals surface area contributed by atoms with Crippen molar-refractivity contribution in [3.05, 3.63) is 39.1 Å². The number of hydrogen-bond donors (Lipinski definition) is 3. The van der Waals surface area contributed by atoms with E-state index in [-0.39, 0.29) is 17.5 Å². The molecule has 106 valence electrons. The van der Waals surface area contributed by atoms with E-state index in [1.807, 2.05) is 13.8 Å². The Morgan fingerprint density at radius 2 is 2.20 bits per heavy atom. The number of H-pyrrole nitrogens is 1. The second kappa shape index (κ2) is 5.85. The number of amides is 1. The highest BCUT2D eigenvalue weighted by Gasteiger charge is 2.19. The zero-order valence-corrected chi connectivity index (χ0v) is 13.3. The van der Waals surface area contributed by atoms with Crippen molar-refractivity contribution in [3.63, 3.8) is 0 Å². The van der Waals surface area contributed by atoms with Gasteiger partial charge >= 0.3 is 0 Å². The van der Waals surface area contributed by atoms with Gasteiger partial charge < -0.3 is 11.1 Å². The fourth-order valence-corrected chi connectivity index (χ4v) is 2.27. The number of hydrogen-bond acceptors (Lipinski definition) is 3. The summed E-state index contributed by atoms with van der Waals surface area (Å²) in [5, 5.41) is 10.0. The predicted octanol–water partition coefficient (Wildman–Crippen LogP) is 3.78. The first-order valence-electron chi connectivity index (χ1n) is 6.00. The first kappa shape index (κ1) is 14.9. The molecular weight excluding hydrogens is 344 g/mol. The van der Waals surface area contributed by atoms with Gasteiger partial charge in [0.05, 0.1) is 17.1 Å². The summed E-state index contributed by atoms with van der Waals surface area (Å²) in [4.78, 5) is 12.2. The molecule has 2 aromatic rings. The lowest BCUT2D eigenvalue weighted by Gasteiger charge is -2.07. The van der Waals surface area contributed by atoms with Crippen molar-refractivity contribution in [1.82, 2.24) is 10.2 Å². The molecule has 5 nitrogen and oxygen atoms in total. The van der Waals surface area contributed by atoms with Crippen LogP contribution in [0.15, 0.2) is 22.7 Å². The molecule has 20 heavy (non-hydrogen) atoms. The van der Waals surface area contributed by atoms with Crippen molar-refractivity contribution in [1.29, 1.82) is 0 Å². The highest BCUT2D eigenvalue weighted by Crippen LogP contribution is 2.27. The van der Waals surface area contributed by atoms with Crippen LogP contribution in [0.3, 0.4) is 0 Å². The Morgan fingerprint density at radius 1 is 1.50 bits per heavy atom. The molecular formula is C13H14BrClN4O. The molecule has 0 unspecified atom stereocenters. The van der Waals surface area contributed by atoms with E-state index >= 15 is 0 Å². The number of aromatic amines is 1. The Labute approximate surface area is 130 Å². The number of rotatable bonds is 3. The van der Waals surface area contributed by atoms with E-state index in [0.29, 0.717) is 16.4 Å². The first-order chi connectivity index (χ1) is 9.40. The molecule has 0 fully saturated rings. The normalized spacial score (nSPS) is 10.8. The predicted molar refractivity (Wildman–Crippen MR) is 84.2 cm³/mol. The van der Waals surface area contributed by atoms with E-state index in [2.05, 4.69) is 31.4 Å². The quantitative estimate of drug-likeness (QED) is 0.781. The van der Waals surface area contributed by atoms with Gasteiger partial charge in [0.25, 0.3) is 5.91 Å². The molecule has 0 radical (unpaired) electrons. The van der Waals surface area contributed by atoms with Gasteiger partial charge in [-0.1, -0.05) is 25.4 Å². The monoisotopic (exact) mass is 356 g/mol. The van der Waals surface area contributed by atoms with Crippen molar-refractivity contribution in [2.24, 2.45) is 0 Å². The maximum absolute atomic E-state index is 12.2. The second-order valence-corrected chi connectivity index (χ2v) is 5.92. The van der Waals surface area contributed by atoms with Gasteiger partial charge in [-0.25, -0.2) is 0 Å². The minimum atomic E-state index is -0.381. The molecule has 4 N–H and O–H groups in total. The average molecular weight is 358 g/mol. The van der Waals surface area contributed by atoms with Crippen molar-refractivity contribution >= 4 is 44.8 Å². The topological polar surface area (TPSA) is 83.8 Å². The van der Waals surface area contributed by atoms with Crippen LogP contribution in [0.4, 0.5) is 11.4 Å². The second-order valence-electron chi connectivity index (χ2n) is 4.63. The molecule has 0 aliphatic carbocycles. The van der Waals surface area contributed by atoms with E-state index in [0.717, 1.165) is 10.2 Å². The Bertz CT molecular complexity index is 654. The molecule has 0 bridgehead atoms.